The van der Waals surface area contributed by atoms with E-state index in [1.54, 1.807) is 0 Å². The molecule has 1 fully saturated rings. The molecule has 1 saturated heterocycles. The van der Waals surface area contributed by atoms with Crippen LogP contribution in [0.4, 0.5) is 0 Å². The Hall–Kier alpha value is 0.360. The summed E-state index contributed by atoms with van der Waals surface area (Å²) in [6.07, 6.45) is 14.0. The first-order chi connectivity index (χ1) is 10.7. The minimum atomic E-state index is 0.271. The third kappa shape index (κ3) is 7.29. The molecule has 4 heteroatoms. The molecule has 0 amide bonds. The maximum Gasteiger partial charge on any atom is 0.0797 e. The van der Waals surface area contributed by atoms with Crippen LogP contribution in [0.25, 0.3) is 0 Å². The standard InChI is InChI=1S/C18H37BrN2O/c1-3-5-6-7-8-9-10-11-12-18-20(14-15-22)16-17(19)21(18)13-4-2/h17-18,22H,3-16H2,1-2H3. The van der Waals surface area contributed by atoms with Gasteiger partial charge in [0, 0.05) is 19.6 Å². The molecule has 0 aromatic carbocycles. The van der Waals surface area contributed by atoms with E-state index in [0.29, 0.717) is 11.1 Å². The summed E-state index contributed by atoms with van der Waals surface area (Å²) in [5, 5.41) is 9.28. The van der Waals surface area contributed by atoms with Crippen LogP contribution in [-0.2, 0) is 0 Å². The second-order valence-corrected chi connectivity index (χ2v) is 7.69. The van der Waals surface area contributed by atoms with E-state index in [-0.39, 0.29) is 6.61 Å². The van der Waals surface area contributed by atoms with Crippen LogP contribution in [0.2, 0.25) is 0 Å². The van der Waals surface area contributed by atoms with Crippen molar-refractivity contribution >= 4 is 15.9 Å². The van der Waals surface area contributed by atoms with Gasteiger partial charge in [-0.25, -0.2) is 0 Å². The number of nitrogens with zero attached hydrogens (tertiary/aromatic N) is 2. The molecule has 0 bridgehead atoms. The van der Waals surface area contributed by atoms with E-state index in [4.69, 9.17) is 0 Å². The number of rotatable bonds is 13. The summed E-state index contributed by atoms with van der Waals surface area (Å²) in [5.41, 5.74) is 0. The average molecular weight is 377 g/mol. The maximum absolute atomic E-state index is 9.28. The zero-order chi connectivity index (χ0) is 16.2. The van der Waals surface area contributed by atoms with Crippen molar-refractivity contribution in [1.82, 2.24) is 9.80 Å². The Labute approximate surface area is 146 Å². The van der Waals surface area contributed by atoms with Gasteiger partial charge in [0.1, 0.15) is 0 Å². The van der Waals surface area contributed by atoms with Gasteiger partial charge < -0.3 is 5.11 Å². The number of aliphatic hydroxyl groups excluding tert-OH is 1. The van der Waals surface area contributed by atoms with Crippen LogP contribution in [0.5, 0.6) is 0 Å². The molecule has 22 heavy (non-hydrogen) atoms. The Morgan fingerprint density at radius 3 is 2.14 bits per heavy atom. The Bertz CT molecular complexity index is 265. The Morgan fingerprint density at radius 2 is 1.55 bits per heavy atom. The summed E-state index contributed by atoms with van der Waals surface area (Å²) in [6, 6.07) is 0. The number of aliphatic hydroxyl groups is 1. The number of alkyl halides is 1. The van der Waals surface area contributed by atoms with Crippen molar-refractivity contribution in [2.24, 2.45) is 0 Å². The highest BCUT2D eigenvalue weighted by molar-refractivity contribution is 9.09. The Morgan fingerprint density at radius 1 is 0.909 bits per heavy atom. The molecule has 1 aliphatic rings. The number of hydrogen-bond acceptors (Lipinski definition) is 3. The molecule has 2 atom stereocenters. The van der Waals surface area contributed by atoms with Crippen LogP contribution in [0.3, 0.4) is 0 Å². The van der Waals surface area contributed by atoms with Gasteiger partial charge in [-0.15, -0.1) is 0 Å². The van der Waals surface area contributed by atoms with E-state index < -0.39 is 0 Å². The summed E-state index contributed by atoms with van der Waals surface area (Å²) < 4.78 is 0. The third-order valence-electron chi connectivity index (χ3n) is 4.73. The molecule has 0 radical (unpaired) electrons. The first-order valence-electron chi connectivity index (χ1n) is 9.49. The molecule has 0 aliphatic carbocycles. The molecule has 0 aromatic heterocycles. The number of unbranched alkanes of at least 4 members (excludes halogenated alkanes) is 7. The SMILES string of the molecule is CCCCCCCCCCC1N(CCO)CC(Br)N1CCC. The Kier molecular flexibility index (Phi) is 11.8. The first kappa shape index (κ1) is 20.4. The quantitative estimate of drug-likeness (QED) is 0.289. The molecule has 1 rings (SSSR count). The van der Waals surface area contributed by atoms with E-state index in [0.717, 1.165) is 19.6 Å². The lowest BCUT2D eigenvalue weighted by Crippen LogP contribution is -2.41. The van der Waals surface area contributed by atoms with Crippen molar-refractivity contribution in [1.29, 1.82) is 0 Å². The predicted molar refractivity (Wildman–Crippen MR) is 99.4 cm³/mol. The lowest BCUT2D eigenvalue weighted by Gasteiger charge is -2.30. The summed E-state index contributed by atoms with van der Waals surface area (Å²) in [4.78, 5) is 5.49. The predicted octanol–water partition coefficient (Wildman–Crippen LogP) is 4.58. The molecule has 3 nitrogen and oxygen atoms in total. The zero-order valence-electron chi connectivity index (χ0n) is 14.8. The zero-order valence-corrected chi connectivity index (χ0v) is 16.4. The van der Waals surface area contributed by atoms with Crippen molar-refractivity contribution < 1.29 is 5.11 Å². The van der Waals surface area contributed by atoms with Crippen LogP contribution in [0.15, 0.2) is 0 Å². The number of hydrogen-bond donors (Lipinski definition) is 1. The highest BCUT2D eigenvalue weighted by Crippen LogP contribution is 2.28. The molecule has 0 saturated carbocycles. The molecule has 1 N–H and O–H groups in total. The smallest absolute Gasteiger partial charge is 0.0797 e. The van der Waals surface area contributed by atoms with Crippen LogP contribution in [0, 0.1) is 0 Å². The lowest BCUT2D eigenvalue weighted by molar-refractivity contribution is 0.103. The van der Waals surface area contributed by atoms with Crippen LogP contribution < -0.4 is 0 Å². The summed E-state index contributed by atoms with van der Waals surface area (Å²) in [7, 11) is 0. The molecule has 0 spiro atoms. The van der Waals surface area contributed by atoms with Crippen LogP contribution >= 0.6 is 15.9 Å². The summed E-state index contributed by atoms with van der Waals surface area (Å²) in [5.74, 6) is 0. The Balaban J connectivity index is 2.24. The molecular weight excluding hydrogens is 340 g/mol. The molecule has 1 heterocycles. The summed E-state index contributed by atoms with van der Waals surface area (Å²) >= 11 is 3.82. The molecule has 132 valence electrons. The van der Waals surface area contributed by atoms with Crippen LogP contribution in [0.1, 0.15) is 78.1 Å². The monoisotopic (exact) mass is 376 g/mol. The maximum atomic E-state index is 9.28. The number of β-amino-alcohol motifs (C(OH)–C–C–N with tert-alkyl or cyclic N) is 1. The van der Waals surface area contributed by atoms with Crippen molar-refractivity contribution in [2.75, 3.05) is 26.2 Å². The van der Waals surface area contributed by atoms with Gasteiger partial charge in [0.15, 0.2) is 0 Å². The summed E-state index contributed by atoms with van der Waals surface area (Å²) in [6.45, 7) is 7.81. The molecule has 0 aromatic rings. The number of halogens is 1. The van der Waals surface area contributed by atoms with Crippen molar-refractivity contribution in [2.45, 2.75) is 89.2 Å². The normalized spacial score (nSPS) is 23.5. The van der Waals surface area contributed by atoms with Gasteiger partial charge in [0.2, 0.25) is 0 Å². The van der Waals surface area contributed by atoms with Crippen LogP contribution in [-0.4, -0.2) is 52.3 Å². The fourth-order valence-corrected chi connectivity index (χ4v) is 4.39. The van der Waals surface area contributed by atoms with Gasteiger partial charge >= 0.3 is 0 Å². The van der Waals surface area contributed by atoms with Gasteiger partial charge in [0.05, 0.1) is 17.7 Å². The van der Waals surface area contributed by atoms with Gasteiger partial charge in [0.25, 0.3) is 0 Å². The second kappa shape index (κ2) is 12.7. The van der Waals surface area contributed by atoms with Crippen molar-refractivity contribution in [3.05, 3.63) is 0 Å². The topological polar surface area (TPSA) is 26.7 Å². The van der Waals surface area contributed by atoms with E-state index >= 15 is 0 Å². The van der Waals surface area contributed by atoms with Crippen molar-refractivity contribution in [3.63, 3.8) is 0 Å². The van der Waals surface area contributed by atoms with Gasteiger partial charge in [-0.2, -0.15) is 0 Å². The van der Waals surface area contributed by atoms with E-state index in [1.807, 2.05) is 0 Å². The first-order valence-corrected chi connectivity index (χ1v) is 10.4. The van der Waals surface area contributed by atoms with Gasteiger partial charge in [-0.1, -0.05) is 81.1 Å². The van der Waals surface area contributed by atoms with E-state index in [9.17, 15) is 5.11 Å². The third-order valence-corrected chi connectivity index (χ3v) is 5.55. The highest BCUT2D eigenvalue weighted by Gasteiger charge is 2.36. The lowest BCUT2D eigenvalue weighted by atomic mass is 10.1. The molecular formula is C18H37BrN2O. The highest BCUT2D eigenvalue weighted by atomic mass is 79.9. The minimum absolute atomic E-state index is 0.271. The van der Waals surface area contributed by atoms with E-state index in [2.05, 4.69) is 39.6 Å². The van der Waals surface area contributed by atoms with Gasteiger partial charge in [-0.3, -0.25) is 9.80 Å². The minimum Gasteiger partial charge on any atom is -0.395 e. The van der Waals surface area contributed by atoms with Crippen molar-refractivity contribution in [3.8, 4) is 0 Å². The second-order valence-electron chi connectivity index (χ2n) is 6.64. The van der Waals surface area contributed by atoms with E-state index in [1.165, 1.54) is 64.2 Å². The largest absolute Gasteiger partial charge is 0.395 e. The van der Waals surface area contributed by atoms with Gasteiger partial charge in [-0.05, 0) is 12.8 Å². The fourth-order valence-electron chi connectivity index (χ4n) is 3.54. The molecule has 2 unspecified atom stereocenters. The molecule has 1 aliphatic heterocycles. The fraction of sp³-hybridized carbons (Fsp3) is 1.00. The average Bonchev–Trinajstić information content (AvgIpc) is 2.79.